The van der Waals surface area contributed by atoms with Crippen LogP contribution in [0.3, 0.4) is 0 Å². The van der Waals surface area contributed by atoms with Gasteiger partial charge in [-0.2, -0.15) is 0 Å². The molecule has 0 saturated carbocycles. The highest BCUT2D eigenvalue weighted by molar-refractivity contribution is 5.10. The summed E-state index contributed by atoms with van der Waals surface area (Å²) in [4.78, 5) is 12.0. The fraction of sp³-hybridized carbons (Fsp3) is 0.615. The van der Waals surface area contributed by atoms with Gasteiger partial charge in [-0.1, -0.05) is 19.4 Å². The Morgan fingerprint density at radius 2 is 2.29 bits per heavy atom. The summed E-state index contributed by atoms with van der Waals surface area (Å²) in [5.74, 6) is 0. The molecule has 0 saturated heterocycles. The Morgan fingerprint density at radius 3 is 3.00 bits per heavy atom. The molecule has 0 spiro atoms. The monoisotopic (exact) mass is 238 g/mol. The average Bonchev–Trinajstić information content (AvgIpc) is 2.35. The third-order valence-corrected chi connectivity index (χ3v) is 2.65. The molecule has 1 aromatic heterocycles. The van der Waals surface area contributed by atoms with Crippen LogP contribution < -0.4 is 10.9 Å². The highest BCUT2D eigenvalue weighted by Gasteiger charge is 2.01. The van der Waals surface area contributed by atoms with Crippen molar-refractivity contribution < 1.29 is 4.74 Å². The van der Waals surface area contributed by atoms with Gasteiger partial charge in [-0.3, -0.25) is 4.79 Å². The summed E-state index contributed by atoms with van der Waals surface area (Å²) in [6, 6.07) is 3.81. The van der Waals surface area contributed by atoms with E-state index in [1.165, 1.54) is 0 Å². The van der Waals surface area contributed by atoms with Crippen molar-refractivity contribution in [1.29, 1.82) is 0 Å². The smallest absolute Gasteiger partial charge is 0.255 e. The number of unbranched alkanes of at least 4 members (excludes halogenated alkanes) is 1. The first-order valence-corrected chi connectivity index (χ1v) is 6.17. The molecule has 0 fully saturated rings. The third-order valence-electron chi connectivity index (χ3n) is 2.65. The predicted molar refractivity (Wildman–Crippen MR) is 69.2 cm³/mol. The molecule has 0 bridgehead atoms. The molecule has 0 atom stereocenters. The molecule has 4 heteroatoms. The number of hydrogen-bond acceptors (Lipinski definition) is 3. The Hall–Kier alpha value is -1.13. The molecule has 0 radical (unpaired) electrons. The molecule has 1 aromatic rings. The van der Waals surface area contributed by atoms with Crippen LogP contribution in [0.1, 0.15) is 25.3 Å². The van der Waals surface area contributed by atoms with Crippen LogP contribution in [0, 0.1) is 0 Å². The summed E-state index contributed by atoms with van der Waals surface area (Å²) in [6.45, 7) is 4.97. The standard InChI is InChI=1S/C13H22N2O2/c1-3-4-8-15-9-5-6-12(13(15)16)11-14-7-10-17-2/h5-6,9,14H,3-4,7-8,10-11H2,1-2H3. The highest BCUT2D eigenvalue weighted by Crippen LogP contribution is 1.95. The molecule has 0 aliphatic heterocycles. The van der Waals surface area contributed by atoms with Crippen LogP contribution in [0.5, 0.6) is 0 Å². The van der Waals surface area contributed by atoms with Gasteiger partial charge in [-0.05, 0) is 12.5 Å². The van der Waals surface area contributed by atoms with Crippen molar-refractivity contribution in [3.8, 4) is 0 Å². The number of pyridine rings is 1. The van der Waals surface area contributed by atoms with E-state index in [1.807, 2.05) is 18.3 Å². The van der Waals surface area contributed by atoms with Gasteiger partial charge in [0.15, 0.2) is 0 Å². The molecule has 0 unspecified atom stereocenters. The summed E-state index contributed by atoms with van der Waals surface area (Å²) in [7, 11) is 1.67. The fourth-order valence-electron chi connectivity index (χ4n) is 1.62. The predicted octanol–water partition coefficient (Wildman–Crippen LogP) is 1.38. The average molecular weight is 238 g/mol. The number of hydrogen-bond donors (Lipinski definition) is 1. The first-order valence-electron chi connectivity index (χ1n) is 6.17. The number of aryl methyl sites for hydroxylation is 1. The molecule has 0 aromatic carbocycles. The zero-order chi connectivity index (χ0) is 12.5. The van der Waals surface area contributed by atoms with Gasteiger partial charge >= 0.3 is 0 Å². The van der Waals surface area contributed by atoms with Crippen LogP contribution in [0.15, 0.2) is 23.1 Å². The molecule has 1 rings (SSSR count). The topological polar surface area (TPSA) is 43.3 Å². The SMILES string of the molecule is CCCCn1cccc(CNCCOC)c1=O. The van der Waals surface area contributed by atoms with E-state index in [1.54, 1.807) is 11.7 Å². The number of methoxy groups -OCH3 is 1. The van der Waals surface area contributed by atoms with E-state index < -0.39 is 0 Å². The maximum Gasteiger partial charge on any atom is 0.255 e. The van der Waals surface area contributed by atoms with Crippen molar-refractivity contribution in [2.75, 3.05) is 20.3 Å². The van der Waals surface area contributed by atoms with E-state index in [0.717, 1.165) is 31.5 Å². The van der Waals surface area contributed by atoms with E-state index in [-0.39, 0.29) is 5.56 Å². The maximum absolute atomic E-state index is 12.0. The summed E-state index contributed by atoms with van der Waals surface area (Å²) < 4.78 is 6.73. The van der Waals surface area contributed by atoms with Crippen molar-refractivity contribution >= 4 is 0 Å². The summed E-state index contributed by atoms with van der Waals surface area (Å²) >= 11 is 0. The number of rotatable bonds is 8. The van der Waals surface area contributed by atoms with Gasteiger partial charge in [-0.25, -0.2) is 0 Å². The molecule has 0 aliphatic carbocycles. The minimum Gasteiger partial charge on any atom is -0.383 e. The lowest BCUT2D eigenvalue weighted by Gasteiger charge is -2.08. The Labute approximate surface area is 103 Å². The maximum atomic E-state index is 12.0. The van der Waals surface area contributed by atoms with Gasteiger partial charge in [0.2, 0.25) is 0 Å². The van der Waals surface area contributed by atoms with Crippen molar-refractivity contribution in [2.24, 2.45) is 0 Å². The van der Waals surface area contributed by atoms with Crippen molar-refractivity contribution in [2.45, 2.75) is 32.9 Å². The number of ether oxygens (including phenoxy) is 1. The highest BCUT2D eigenvalue weighted by atomic mass is 16.5. The van der Waals surface area contributed by atoms with E-state index in [2.05, 4.69) is 12.2 Å². The van der Waals surface area contributed by atoms with E-state index in [0.29, 0.717) is 13.2 Å². The molecule has 4 nitrogen and oxygen atoms in total. The van der Waals surface area contributed by atoms with E-state index in [9.17, 15) is 4.79 Å². The summed E-state index contributed by atoms with van der Waals surface area (Å²) in [5, 5.41) is 3.19. The molecular formula is C13H22N2O2. The Balaban J connectivity index is 2.57. The zero-order valence-corrected chi connectivity index (χ0v) is 10.7. The van der Waals surface area contributed by atoms with Crippen molar-refractivity contribution in [3.05, 3.63) is 34.2 Å². The second-order valence-corrected chi connectivity index (χ2v) is 4.06. The first kappa shape index (κ1) is 13.9. The quantitative estimate of drug-likeness (QED) is 0.696. The van der Waals surface area contributed by atoms with Gasteiger partial charge in [0.1, 0.15) is 0 Å². The number of nitrogens with zero attached hydrogens (tertiary/aromatic N) is 1. The lowest BCUT2D eigenvalue weighted by molar-refractivity contribution is 0.199. The third kappa shape index (κ3) is 4.71. The van der Waals surface area contributed by atoms with Gasteiger partial charge in [0, 0.05) is 38.5 Å². The van der Waals surface area contributed by atoms with E-state index >= 15 is 0 Å². The molecular weight excluding hydrogens is 216 g/mol. The van der Waals surface area contributed by atoms with Crippen LogP contribution in [0.25, 0.3) is 0 Å². The van der Waals surface area contributed by atoms with Crippen molar-refractivity contribution in [1.82, 2.24) is 9.88 Å². The second-order valence-electron chi connectivity index (χ2n) is 4.06. The Bertz CT molecular complexity index is 374. The molecule has 17 heavy (non-hydrogen) atoms. The zero-order valence-electron chi connectivity index (χ0n) is 10.7. The van der Waals surface area contributed by atoms with Gasteiger partial charge < -0.3 is 14.6 Å². The summed E-state index contributed by atoms with van der Waals surface area (Å²) in [5.41, 5.74) is 0.936. The normalized spacial score (nSPS) is 10.7. The number of aromatic nitrogens is 1. The molecule has 1 N–H and O–H groups in total. The summed E-state index contributed by atoms with van der Waals surface area (Å²) in [6.07, 6.45) is 4.00. The van der Waals surface area contributed by atoms with E-state index in [4.69, 9.17) is 4.74 Å². The minimum absolute atomic E-state index is 0.117. The van der Waals surface area contributed by atoms with Crippen LogP contribution in [-0.2, 0) is 17.8 Å². The molecule has 1 heterocycles. The largest absolute Gasteiger partial charge is 0.383 e. The van der Waals surface area contributed by atoms with Gasteiger partial charge in [0.05, 0.1) is 6.61 Å². The van der Waals surface area contributed by atoms with Crippen LogP contribution in [0.4, 0.5) is 0 Å². The Kier molecular flexibility index (Phi) is 6.58. The number of nitrogens with one attached hydrogen (secondary N) is 1. The van der Waals surface area contributed by atoms with Crippen LogP contribution >= 0.6 is 0 Å². The minimum atomic E-state index is 0.117. The van der Waals surface area contributed by atoms with Gasteiger partial charge in [-0.15, -0.1) is 0 Å². The van der Waals surface area contributed by atoms with Crippen molar-refractivity contribution in [3.63, 3.8) is 0 Å². The first-order chi connectivity index (χ1) is 8.29. The fourth-order valence-corrected chi connectivity index (χ4v) is 1.62. The van der Waals surface area contributed by atoms with Gasteiger partial charge in [0.25, 0.3) is 5.56 Å². The molecule has 0 aliphatic rings. The Morgan fingerprint density at radius 1 is 1.47 bits per heavy atom. The lowest BCUT2D eigenvalue weighted by atomic mass is 10.2. The molecule has 0 amide bonds. The lowest BCUT2D eigenvalue weighted by Crippen LogP contribution is -2.28. The van der Waals surface area contributed by atoms with Crippen LogP contribution in [-0.4, -0.2) is 24.8 Å². The molecule has 96 valence electrons. The second kappa shape index (κ2) is 8.03. The van der Waals surface area contributed by atoms with Crippen LogP contribution in [0.2, 0.25) is 0 Å².